The first-order chi connectivity index (χ1) is 10.1. The van der Waals surface area contributed by atoms with E-state index in [4.69, 9.17) is 4.52 Å². The maximum absolute atomic E-state index is 5.35. The standard InChI is InChI=1S/C15H21N5O/c1-18(2)15-16-14(21-17-15)11-20-10-6-9-19(3)12-7-4-5-8-13(12)20/h4-5,7-8H,6,9-11H2,1-3H3. The van der Waals surface area contributed by atoms with Gasteiger partial charge in [-0.2, -0.15) is 4.98 Å². The van der Waals surface area contributed by atoms with E-state index < -0.39 is 0 Å². The lowest BCUT2D eigenvalue weighted by molar-refractivity contribution is 0.375. The number of anilines is 3. The maximum atomic E-state index is 5.35. The Balaban J connectivity index is 1.85. The molecule has 0 atom stereocenters. The molecule has 3 rings (SSSR count). The highest BCUT2D eigenvalue weighted by Crippen LogP contribution is 2.32. The Kier molecular flexibility index (Phi) is 3.68. The van der Waals surface area contributed by atoms with Gasteiger partial charge in [0.15, 0.2) is 0 Å². The minimum Gasteiger partial charge on any atom is -0.373 e. The molecule has 6 heteroatoms. The summed E-state index contributed by atoms with van der Waals surface area (Å²) in [5.74, 6) is 1.27. The Bertz CT molecular complexity index is 610. The predicted octanol–water partition coefficient (Wildman–Crippen LogP) is 1.98. The molecule has 0 unspecified atom stereocenters. The van der Waals surface area contributed by atoms with Crippen LogP contribution in [0.2, 0.25) is 0 Å². The smallest absolute Gasteiger partial charge is 0.265 e. The molecule has 0 saturated heterocycles. The van der Waals surface area contributed by atoms with Gasteiger partial charge < -0.3 is 19.2 Å². The van der Waals surface area contributed by atoms with Gasteiger partial charge >= 0.3 is 0 Å². The third kappa shape index (κ3) is 2.79. The average Bonchev–Trinajstić information content (AvgIpc) is 2.89. The fraction of sp³-hybridized carbons (Fsp3) is 0.467. The lowest BCUT2D eigenvalue weighted by atomic mass is 10.2. The number of para-hydroxylation sites is 2. The Hall–Kier alpha value is -2.24. The zero-order chi connectivity index (χ0) is 14.8. The summed E-state index contributed by atoms with van der Waals surface area (Å²) >= 11 is 0. The maximum Gasteiger partial charge on any atom is 0.265 e. The number of fused-ring (bicyclic) bond motifs is 1. The zero-order valence-electron chi connectivity index (χ0n) is 12.8. The van der Waals surface area contributed by atoms with Gasteiger partial charge in [-0.15, -0.1) is 0 Å². The van der Waals surface area contributed by atoms with Crippen LogP contribution < -0.4 is 14.7 Å². The molecular formula is C15H21N5O. The third-order valence-corrected chi connectivity index (χ3v) is 3.74. The molecule has 0 aliphatic carbocycles. The highest BCUT2D eigenvalue weighted by Gasteiger charge is 2.20. The van der Waals surface area contributed by atoms with Gasteiger partial charge in [0.25, 0.3) is 5.95 Å². The van der Waals surface area contributed by atoms with Gasteiger partial charge in [0.05, 0.1) is 17.9 Å². The fourth-order valence-corrected chi connectivity index (χ4v) is 2.61. The number of rotatable bonds is 3. The van der Waals surface area contributed by atoms with Crippen LogP contribution in [0.3, 0.4) is 0 Å². The van der Waals surface area contributed by atoms with Crippen molar-refractivity contribution in [2.24, 2.45) is 0 Å². The summed E-state index contributed by atoms with van der Waals surface area (Å²) in [4.78, 5) is 10.9. The molecule has 6 nitrogen and oxygen atoms in total. The van der Waals surface area contributed by atoms with Gasteiger partial charge in [-0.05, 0) is 23.7 Å². The van der Waals surface area contributed by atoms with E-state index in [1.807, 2.05) is 19.0 Å². The van der Waals surface area contributed by atoms with Crippen molar-refractivity contribution in [1.29, 1.82) is 0 Å². The average molecular weight is 287 g/mol. The minimum atomic E-state index is 0.616. The molecule has 0 spiro atoms. The quantitative estimate of drug-likeness (QED) is 0.860. The van der Waals surface area contributed by atoms with Crippen LogP contribution in [0.25, 0.3) is 0 Å². The van der Waals surface area contributed by atoms with Crippen molar-refractivity contribution in [2.45, 2.75) is 13.0 Å². The normalized spacial score (nSPS) is 14.8. The number of hydrogen-bond acceptors (Lipinski definition) is 6. The van der Waals surface area contributed by atoms with Gasteiger partial charge in [-0.3, -0.25) is 0 Å². The monoisotopic (exact) mass is 287 g/mol. The van der Waals surface area contributed by atoms with Crippen molar-refractivity contribution in [3.8, 4) is 0 Å². The second-order valence-electron chi connectivity index (χ2n) is 5.57. The predicted molar refractivity (Wildman–Crippen MR) is 84.0 cm³/mol. The summed E-state index contributed by atoms with van der Waals surface area (Å²) in [6, 6.07) is 8.47. The van der Waals surface area contributed by atoms with E-state index in [0.717, 1.165) is 19.5 Å². The van der Waals surface area contributed by atoms with E-state index in [-0.39, 0.29) is 0 Å². The molecule has 2 heterocycles. The first-order valence-electron chi connectivity index (χ1n) is 7.20. The van der Waals surface area contributed by atoms with Gasteiger partial charge in [0.1, 0.15) is 0 Å². The minimum absolute atomic E-state index is 0.616. The van der Waals surface area contributed by atoms with Crippen molar-refractivity contribution in [3.05, 3.63) is 30.2 Å². The van der Waals surface area contributed by atoms with E-state index >= 15 is 0 Å². The summed E-state index contributed by atoms with van der Waals surface area (Å²) in [6.07, 6.45) is 1.11. The van der Waals surface area contributed by atoms with Crippen LogP contribution in [0, 0.1) is 0 Å². The van der Waals surface area contributed by atoms with Crippen molar-refractivity contribution in [1.82, 2.24) is 10.1 Å². The van der Waals surface area contributed by atoms with Crippen LogP contribution in [0.1, 0.15) is 12.3 Å². The summed E-state index contributed by atoms with van der Waals surface area (Å²) < 4.78 is 5.35. The summed E-state index contributed by atoms with van der Waals surface area (Å²) in [6.45, 7) is 2.69. The molecule has 0 N–H and O–H groups in total. The second kappa shape index (κ2) is 5.63. The highest BCUT2D eigenvalue weighted by molar-refractivity contribution is 5.71. The first kappa shape index (κ1) is 13.7. The van der Waals surface area contributed by atoms with Gasteiger partial charge in [0, 0.05) is 34.2 Å². The highest BCUT2D eigenvalue weighted by atomic mass is 16.5. The van der Waals surface area contributed by atoms with E-state index in [2.05, 4.69) is 51.3 Å². The Labute approximate surface area is 125 Å². The third-order valence-electron chi connectivity index (χ3n) is 3.74. The molecule has 1 aromatic carbocycles. The van der Waals surface area contributed by atoms with Gasteiger partial charge in [-0.25, -0.2) is 0 Å². The second-order valence-corrected chi connectivity index (χ2v) is 5.57. The van der Waals surface area contributed by atoms with Crippen LogP contribution in [-0.2, 0) is 6.54 Å². The molecule has 21 heavy (non-hydrogen) atoms. The molecule has 1 aromatic heterocycles. The lowest BCUT2D eigenvalue weighted by Gasteiger charge is -2.24. The van der Waals surface area contributed by atoms with E-state index in [0.29, 0.717) is 18.4 Å². The van der Waals surface area contributed by atoms with Crippen LogP contribution in [0.15, 0.2) is 28.8 Å². The number of aromatic nitrogens is 2. The van der Waals surface area contributed by atoms with Crippen molar-refractivity contribution in [3.63, 3.8) is 0 Å². The van der Waals surface area contributed by atoms with Crippen molar-refractivity contribution >= 4 is 17.3 Å². The molecule has 0 amide bonds. The number of benzene rings is 1. The molecule has 0 saturated carbocycles. The van der Waals surface area contributed by atoms with Gasteiger partial charge in [-0.1, -0.05) is 12.1 Å². The Morgan fingerprint density at radius 3 is 2.67 bits per heavy atom. The molecular weight excluding hydrogens is 266 g/mol. The zero-order valence-corrected chi connectivity index (χ0v) is 12.8. The van der Waals surface area contributed by atoms with Crippen LogP contribution >= 0.6 is 0 Å². The van der Waals surface area contributed by atoms with Gasteiger partial charge in [0.2, 0.25) is 5.89 Å². The van der Waals surface area contributed by atoms with Crippen LogP contribution in [0.5, 0.6) is 0 Å². The van der Waals surface area contributed by atoms with E-state index in [9.17, 15) is 0 Å². The Morgan fingerprint density at radius 1 is 1.19 bits per heavy atom. The fourth-order valence-electron chi connectivity index (χ4n) is 2.61. The molecule has 0 radical (unpaired) electrons. The number of nitrogens with zero attached hydrogens (tertiary/aromatic N) is 5. The topological polar surface area (TPSA) is 48.6 Å². The summed E-state index contributed by atoms with van der Waals surface area (Å²) in [5, 5.41) is 3.98. The van der Waals surface area contributed by atoms with Crippen LogP contribution in [-0.4, -0.2) is 44.4 Å². The largest absolute Gasteiger partial charge is 0.373 e. The SMILES string of the molecule is CN(C)c1noc(CN2CCCN(C)c3ccccc32)n1. The van der Waals surface area contributed by atoms with Crippen LogP contribution in [0.4, 0.5) is 17.3 Å². The lowest BCUT2D eigenvalue weighted by Crippen LogP contribution is -2.23. The van der Waals surface area contributed by atoms with E-state index in [1.165, 1.54) is 11.4 Å². The van der Waals surface area contributed by atoms with Crippen molar-refractivity contribution in [2.75, 3.05) is 48.9 Å². The summed E-state index contributed by atoms with van der Waals surface area (Å²) in [5.41, 5.74) is 2.48. The molecule has 1 aliphatic heterocycles. The first-order valence-corrected chi connectivity index (χ1v) is 7.20. The molecule has 1 aliphatic rings. The molecule has 2 aromatic rings. The molecule has 112 valence electrons. The number of hydrogen-bond donors (Lipinski definition) is 0. The molecule has 0 fully saturated rings. The van der Waals surface area contributed by atoms with Crippen molar-refractivity contribution < 1.29 is 4.52 Å². The Morgan fingerprint density at radius 2 is 1.95 bits per heavy atom. The molecule has 0 bridgehead atoms. The van der Waals surface area contributed by atoms with E-state index in [1.54, 1.807) is 0 Å². The summed E-state index contributed by atoms with van der Waals surface area (Å²) in [7, 11) is 5.95.